The fraction of sp³-hybridized carbons (Fsp3) is 0. The van der Waals surface area contributed by atoms with Gasteiger partial charge in [-0.3, -0.25) is 4.98 Å². The molecule has 8 heteroatoms. The van der Waals surface area contributed by atoms with E-state index >= 15 is 0 Å². The molecule has 6 nitrogen and oxygen atoms in total. The number of guanidine groups is 1. The Morgan fingerprint density at radius 1 is 1.15 bits per heavy atom. The fourth-order valence-corrected chi connectivity index (χ4v) is 3.10. The zero-order valence-corrected chi connectivity index (χ0v) is 11.6. The average molecular weight is 309 g/mol. The second-order valence-corrected chi connectivity index (χ2v) is 6.05. The molecule has 2 heterocycles. The summed E-state index contributed by atoms with van der Waals surface area (Å²) in [5, 5.41) is 6.13. The molecule has 3 rings (SSSR count). The smallest absolute Gasteiger partial charge is 0.287 e. The molecule has 1 aromatic carbocycles. The maximum absolute atomic E-state index is 12.1. The van der Waals surface area contributed by atoms with Crippen molar-refractivity contribution in [1.82, 2.24) is 4.98 Å². The zero-order chi connectivity index (χ0) is 14.2. The Morgan fingerprint density at radius 2 is 1.90 bits per heavy atom. The van der Waals surface area contributed by atoms with Crippen LogP contribution in [0.2, 0.25) is 5.02 Å². The molecule has 0 saturated carbocycles. The van der Waals surface area contributed by atoms with Crippen LogP contribution in [0, 0.1) is 0 Å². The van der Waals surface area contributed by atoms with E-state index in [9.17, 15) is 8.42 Å². The third-order valence-electron chi connectivity index (χ3n) is 2.63. The Labute approximate surface area is 120 Å². The molecular weight excluding hydrogens is 300 g/mol. The second kappa shape index (κ2) is 4.77. The highest BCUT2D eigenvalue weighted by atomic mass is 35.5. The molecule has 0 spiro atoms. The number of fused-ring (bicyclic) bond motifs is 1. The predicted molar refractivity (Wildman–Crippen MR) is 77.6 cm³/mol. The quantitative estimate of drug-likeness (QED) is 0.844. The molecule has 0 fully saturated rings. The first kappa shape index (κ1) is 12.9. The average Bonchev–Trinajstić information content (AvgIpc) is 2.40. The number of benzene rings is 1. The minimum Gasteiger partial charge on any atom is -0.325 e. The van der Waals surface area contributed by atoms with E-state index in [-0.39, 0.29) is 10.9 Å². The summed E-state index contributed by atoms with van der Waals surface area (Å²) in [6.07, 6.45) is 3.18. The molecule has 1 aliphatic heterocycles. The van der Waals surface area contributed by atoms with E-state index in [2.05, 4.69) is 20.0 Å². The molecule has 0 radical (unpaired) electrons. The number of halogens is 1. The van der Waals surface area contributed by atoms with Gasteiger partial charge in [0.1, 0.15) is 4.90 Å². The van der Waals surface area contributed by atoms with Crippen molar-refractivity contribution >= 4 is 39.0 Å². The van der Waals surface area contributed by atoms with E-state index < -0.39 is 10.0 Å². The summed E-state index contributed by atoms with van der Waals surface area (Å²) in [5.41, 5.74) is 1.11. The molecule has 1 aliphatic rings. The van der Waals surface area contributed by atoms with Gasteiger partial charge in [-0.1, -0.05) is 11.6 Å². The molecule has 2 N–H and O–H groups in total. The monoisotopic (exact) mass is 308 g/mol. The fourth-order valence-electron chi connectivity index (χ4n) is 1.76. The molecule has 0 atom stereocenters. The highest BCUT2D eigenvalue weighted by molar-refractivity contribution is 7.90. The molecule has 0 unspecified atom stereocenters. The normalized spacial score (nSPS) is 15.8. The van der Waals surface area contributed by atoms with Crippen LogP contribution in [0.5, 0.6) is 0 Å². The molecule has 1 aromatic heterocycles. The standard InChI is InChI=1S/C12H9ClN4O2S/c13-8-1-2-10-11(7-8)20(18,19)17-12(16-10)15-9-3-5-14-6-4-9/h1-7H,(H2,14,15,16,17). The largest absolute Gasteiger partial charge is 0.325 e. The lowest BCUT2D eigenvalue weighted by molar-refractivity contribution is 0.598. The van der Waals surface area contributed by atoms with Gasteiger partial charge >= 0.3 is 0 Å². The Hall–Kier alpha value is -2.12. The maximum atomic E-state index is 12.1. The molecule has 2 aromatic rings. The van der Waals surface area contributed by atoms with Gasteiger partial charge in [-0.2, -0.15) is 8.42 Å². The Morgan fingerprint density at radius 3 is 2.65 bits per heavy atom. The molecule has 20 heavy (non-hydrogen) atoms. The Balaban J connectivity index is 1.98. The number of sulfonamides is 1. The van der Waals surface area contributed by atoms with E-state index in [1.54, 1.807) is 36.7 Å². The lowest BCUT2D eigenvalue weighted by Crippen LogP contribution is -2.28. The lowest BCUT2D eigenvalue weighted by atomic mass is 10.3. The van der Waals surface area contributed by atoms with Crippen molar-refractivity contribution in [2.45, 2.75) is 4.90 Å². The van der Waals surface area contributed by atoms with Crippen LogP contribution in [-0.2, 0) is 10.0 Å². The van der Waals surface area contributed by atoms with E-state index in [0.717, 1.165) is 0 Å². The van der Waals surface area contributed by atoms with Crippen molar-refractivity contribution in [3.8, 4) is 0 Å². The summed E-state index contributed by atoms with van der Waals surface area (Å²) < 4.78 is 27.9. The van der Waals surface area contributed by atoms with Crippen LogP contribution in [0.3, 0.4) is 0 Å². The van der Waals surface area contributed by atoms with Gasteiger partial charge < -0.3 is 10.6 Å². The van der Waals surface area contributed by atoms with Gasteiger partial charge in [0.05, 0.1) is 5.69 Å². The summed E-state index contributed by atoms with van der Waals surface area (Å²) in [6.45, 7) is 0. The first-order chi connectivity index (χ1) is 9.54. The number of aromatic nitrogens is 1. The summed E-state index contributed by atoms with van der Waals surface area (Å²) in [7, 11) is -3.77. The summed E-state index contributed by atoms with van der Waals surface area (Å²) in [4.78, 5) is 3.94. The van der Waals surface area contributed by atoms with Crippen LogP contribution in [-0.4, -0.2) is 19.4 Å². The van der Waals surface area contributed by atoms with E-state index in [4.69, 9.17) is 11.6 Å². The second-order valence-electron chi connectivity index (χ2n) is 4.04. The molecule has 0 saturated heterocycles. The van der Waals surface area contributed by atoms with E-state index in [1.807, 2.05) is 0 Å². The van der Waals surface area contributed by atoms with Gasteiger partial charge in [0.15, 0.2) is 0 Å². The van der Waals surface area contributed by atoms with E-state index in [0.29, 0.717) is 16.4 Å². The zero-order valence-electron chi connectivity index (χ0n) is 10.0. The number of hydrogen-bond donors (Lipinski definition) is 2. The van der Waals surface area contributed by atoms with Gasteiger partial charge in [0, 0.05) is 23.1 Å². The molecule has 0 amide bonds. The highest BCUT2D eigenvalue weighted by Crippen LogP contribution is 2.29. The van der Waals surface area contributed by atoms with Gasteiger partial charge in [-0.25, -0.2) is 0 Å². The summed E-state index contributed by atoms with van der Waals surface area (Å²) >= 11 is 5.81. The minimum atomic E-state index is -3.77. The van der Waals surface area contributed by atoms with Crippen molar-refractivity contribution in [1.29, 1.82) is 0 Å². The number of nitrogens with one attached hydrogen (secondary N) is 2. The van der Waals surface area contributed by atoms with Gasteiger partial charge in [-0.05, 0) is 30.3 Å². The first-order valence-corrected chi connectivity index (χ1v) is 7.45. The predicted octanol–water partition coefficient (Wildman–Crippen LogP) is 2.32. The summed E-state index contributed by atoms with van der Waals surface area (Å²) in [5.74, 6) is 0.131. The van der Waals surface area contributed by atoms with Gasteiger partial charge in [0.2, 0.25) is 5.96 Å². The topological polar surface area (TPSA) is 83.5 Å². The third-order valence-corrected chi connectivity index (χ3v) is 4.18. The third kappa shape index (κ3) is 2.45. The van der Waals surface area contributed by atoms with Crippen molar-refractivity contribution < 1.29 is 8.42 Å². The first-order valence-electron chi connectivity index (χ1n) is 5.63. The number of hydrogen-bond acceptors (Lipinski definition) is 5. The summed E-state index contributed by atoms with van der Waals surface area (Å²) in [6, 6.07) is 7.98. The number of pyridine rings is 1. The number of rotatable bonds is 1. The van der Waals surface area contributed by atoms with Crippen molar-refractivity contribution in [3.05, 3.63) is 47.7 Å². The van der Waals surface area contributed by atoms with Crippen LogP contribution in [0.4, 0.5) is 11.4 Å². The van der Waals surface area contributed by atoms with Crippen molar-refractivity contribution in [2.24, 2.45) is 4.40 Å². The van der Waals surface area contributed by atoms with Crippen LogP contribution >= 0.6 is 11.6 Å². The Bertz CT molecular complexity index is 790. The molecule has 0 bridgehead atoms. The molecule has 0 aliphatic carbocycles. The van der Waals surface area contributed by atoms with Crippen molar-refractivity contribution in [3.63, 3.8) is 0 Å². The SMILES string of the molecule is O=S1(=O)N=C(Nc2ccncc2)Nc2ccc(Cl)cc21. The molecular formula is C12H9ClN4O2S. The number of anilines is 2. The lowest BCUT2D eigenvalue weighted by Gasteiger charge is -2.19. The van der Waals surface area contributed by atoms with Gasteiger partial charge in [-0.15, -0.1) is 4.40 Å². The minimum absolute atomic E-state index is 0.0604. The van der Waals surface area contributed by atoms with Crippen molar-refractivity contribution in [2.75, 3.05) is 10.6 Å². The van der Waals surface area contributed by atoms with Crippen LogP contribution < -0.4 is 10.6 Å². The Kier molecular flexibility index (Phi) is 3.07. The maximum Gasteiger partial charge on any atom is 0.287 e. The number of nitrogens with zero attached hydrogens (tertiary/aromatic N) is 2. The van der Waals surface area contributed by atoms with Crippen LogP contribution in [0.25, 0.3) is 0 Å². The van der Waals surface area contributed by atoms with Crippen LogP contribution in [0.15, 0.2) is 52.0 Å². The van der Waals surface area contributed by atoms with E-state index in [1.165, 1.54) is 6.07 Å². The van der Waals surface area contributed by atoms with Gasteiger partial charge in [0.25, 0.3) is 10.0 Å². The highest BCUT2D eigenvalue weighted by Gasteiger charge is 2.25. The molecule has 102 valence electrons. The van der Waals surface area contributed by atoms with Crippen LogP contribution in [0.1, 0.15) is 0 Å².